The zero-order valence-electron chi connectivity index (χ0n) is 11.1. The van der Waals surface area contributed by atoms with E-state index in [9.17, 15) is 8.78 Å². The minimum Gasteiger partial charge on any atom is -0.411 e. The number of hydrogen-bond donors (Lipinski definition) is 0. The molecule has 0 aliphatic rings. The summed E-state index contributed by atoms with van der Waals surface area (Å²) in [5, 5.41) is 0. The molecule has 2 heterocycles. The molecule has 2 rings (SSSR count). The Labute approximate surface area is 120 Å². The zero-order chi connectivity index (χ0) is 14.4. The molecule has 0 unspecified atom stereocenters. The van der Waals surface area contributed by atoms with Gasteiger partial charge in [-0.15, -0.1) is 4.37 Å². The molecule has 0 aliphatic carbocycles. The average molecular weight is 299 g/mol. The van der Waals surface area contributed by atoms with Crippen LogP contribution in [-0.4, -0.2) is 19.8 Å². The predicted molar refractivity (Wildman–Crippen MR) is 72.9 cm³/mol. The highest BCUT2D eigenvalue weighted by molar-refractivity contribution is 6.99. The maximum absolute atomic E-state index is 13.7. The molecule has 4 nitrogen and oxygen atoms in total. The van der Waals surface area contributed by atoms with Crippen molar-refractivity contribution in [3.05, 3.63) is 24.5 Å². The summed E-state index contributed by atoms with van der Waals surface area (Å²) >= 11 is 0.844. The van der Waals surface area contributed by atoms with Crippen molar-refractivity contribution >= 4 is 11.7 Å². The number of hydrogen-bond acceptors (Lipinski definition) is 5. The van der Waals surface area contributed by atoms with Gasteiger partial charge in [0.15, 0.2) is 0 Å². The first-order chi connectivity index (χ1) is 9.62. The van der Waals surface area contributed by atoms with E-state index in [0.717, 1.165) is 24.6 Å². The predicted octanol–water partition coefficient (Wildman–Crippen LogP) is 4.15. The number of aromatic nitrogens is 3. The molecule has 20 heavy (non-hydrogen) atoms. The molecule has 0 aromatic carbocycles. The Kier molecular flexibility index (Phi) is 4.94. The van der Waals surface area contributed by atoms with E-state index in [2.05, 4.69) is 13.7 Å². The van der Waals surface area contributed by atoms with Crippen LogP contribution in [0.15, 0.2) is 24.5 Å². The summed E-state index contributed by atoms with van der Waals surface area (Å²) in [5.74, 6) is -0.135. The highest BCUT2D eigenvalue weighted by Gasteiger charge is 2.33. The van der Waals surface area contributed by atoms with E-state index in [0.29, 0.717) is 17.7 Å². The van der Waals surface area contributed by atoms with Crippen molar-refractivity contribution in [2.24, 2.45) is 0 Å². The van der Waals surface area contributed by atoms with E-state index in [4.69, 9.17) is 4.74 Å². The number of unbranched alkanes of at least 4 members (excludes halogenated alkanes) is 2. The number of alkyl halides is 2. The third-order valence-corrected chi connectivity index (χ3v) is 3.22. The summed E-state index contributed by atoms with van der Waals surface area (Å²) in [6.45, 7) is 1.96. The lowest BCUT2D eigenvalue weighted by atomic mass is 10.2. The number of pyridine rings is 1. The van der Waals surface area contributed by atoms with E-state index < -0.39 is 6.11 Å². The topological polar surface area (TPSA) is 47.9 Å². The van der Waals surface area contributed by atoms with Gasteiger partial charge in [0.05, 0.1) is 18.1 Å². The fourth-order valence-corrected chi connectivity index (χ4v) is 2.20. The van der Waals surface area contributed by atoms with Crippen molar-refractivity contribution in [2.45, 2.75) is 38.7 Å². The minimum atomic E-state index is -3.22. The molecular weight excluding hydrogens is 284 g/mol. The minimum absolute atomic E-state index is 0.135. The summed E-state index contributed by atoms with van der Waals surface area (Å²) in [5.41, 5.74) is 0.916. The maximum atomic E-state index is 13.7. The van der Waals surface area contributed by atoms with Crippen LogP contribution in [0, 0.1) is 0 Å². The first kappa shape index (κ1) is 14.8. The fourth-order valence-electron chi connectivity index (χ4n) is 1.70. The zero-order valence-corrected chi connectivity index (χ0v) is 11.9. The van der Waals surface area contributed by atoms with Crippen molar-refractivity contribution in [3.63, 3.8) is 0 Å². The standard InChI is InChI=1S/C13H15F2N3OS/c1-2-3-4-7-13(14,15)19-12-11(17-20-18-12)10-6-5-8-16-9-10/h5-6,8-9H,2-4,7H2,1H3. The van der Waals surface area contributed by atoms with Crippen LogP contribution in [-0.2, 0) is 0 Å². The molecule has 0 fully saturated rings. The summed E-state index contributed by atoms with van der Waals surface area (Å²) < 4.78 is 40.0. The van der Waals surface area contributed by atoms with Gasteiger partial charge in [0.2, 0.25) is 0 Å². The highest BCUT2D eigenvalue weighted by atomic mass is 32.1. The van der Waals surface area contributed by atoms with Gasteiger partial charge in [0.25, 0.3) is 5.88 Å². The molecule has 2 aromatic rings. The van der Waals surface area contributed by atoms with Gasteiger partial charge in [-0.05, 0) is 18.6 Å². The lowest BCUT2D eigenvalue weighted by Gasteiger charge is -2.16. The second-order valence-corrected chi connectivity index (χ2v) is 4.88. The van der Waals surface area contributed by atoms with Crippen molar-refractivity contribution in [3.8, 4) is 17.1 Å². The Hall–Kier alpha value is -1.63. The lowest BCUT2D eigenvalue weighted by Crippen LogP contribution is -2.24. The van der Waals surface area contributed by atoms with E-state index in [1.54, 1.807) is 24.5 Å². The van der Waals surface area contributed by atoms with Crippen LogP contribution in [0.4, 0.5) is 8.78 Å². The van der Waals surface area contributed by atoms with Gasteiger partial charge in [0.1, 0.15) is 5.69 Å². The summed E-state index contributed by atoms with van der Waals surface area (Å²) in [7, 11) is 0. The molecule has 0 atom stereocenters. The molecule has 0 aliphatic heterocycles. The molecule has 0 radical (unpaired) electrons. The van der Waals surface area contributed by atoms with Gasteiger partial charge >= 0.3 is 6.11 Å². The van der Waals surface area contributed by atoms with Crippen LogP contribution in [0.5, 0.6) is 5.88 Å². The third kappa shape index (κ3) is 3.93. The molecule has 108 valence electrons. The maximum Gasteiger partial charge on any atom is 0.399 e. The van der Waals surface area contributed by atoms with Gasteiger partial charge in [-0.3, -0.25) is 4.98 Å². The normalized spacial score (nSPS) is 11.6. The number of nitrogens with zero attached hydrogens (tertiary/aromatic N) is 3. The van der Waals surface area contributed by atoms with Crippen molar-refractivity contribution in [2.75, 3.05) is 0 Å². The first-order valence-electron chi connectivity index (χ1n) is 6.42. The summed E-state index contributed by atoms with van der Waals surface area (Å²) in [6.07, 6.45) is 1.66. The number of ether oxygens (including phenoxy) is 1. The Morgan fingerprint density at radius 2 is 2.15 bits per heavy atom. The average Bonchev–Trinajstić information content (AvgIpc) is 2.87. The van der Waals surface area contributed by atoms with E-state index in [-0.39, 0.29) is 12.3 Å². The van der Waals surface area contributed by atoms with Gasteiger partial charge in [-0.1, -0.05) is 19.8 Å². The van der Waals surface area contributed by atoms with Gasteiger partial charge in [0, 0.05) is 18.0 Å². The fraction of sp³-hybridized carbons (Fsp3) is 0.462. The molecule has 0 N–H and O–H groups in total. The molecule has 0 spiro atoms. The second-order valence-electron chi connectivity index (χ2n) is 4.36. The smallest absolute Gasteiger partial charge is 0.399 e. The Bertz CT molecular complexity index is 533. The molecule has 0 amide bonds. The van der Waals surface area contributed by atoms with Crippen molar-refractivity contribution in [1.82, 2.24) is 13.7 Å². The second kappa shape index (κ2) is 6.69. The molecule has 2 aromatic heterocycles. The van der Waals surface area contributed by atoms with Gasteiger partial charge < -0.3 is 4.74 Å². The van der Waals surface area contributed by atoms with Crippen LogP contribution >= 0.6 is 11.7 Å². The number of halogens is 2. The van der Waals surface area contributed by atoms with Crippen LogP contribution in [0.25, 0.3) is 11.3 Å². The van der Waals surface area contributed by atoms with Crippen LogP contribution in [0.1, 0.15) is 32.6 Å². The third-order valence-electron chi connectivity index (χ3n) is 2.71. The molecule has 0 saturated carbocycles. The van der Waals surface area contributed by atoms with Crippen LogP contribution in [0.2, 0.25) is 0 Å². The summed E-state index contributed by atoms with van der Waals surface area (Å²) in [4.78, 5) is 3.93. The van der Waals surface area contributed by atoms with Crippen LogP contribution in [0.3, 0.4) is 0 Å². The summed E-state index contributed by atoms with van der Waals surface area (Å²) in [6, 6.07) is 3.43. The SMILES string of the molecule is CCCCCC(F)(F)Oc1nsnc1-c1cccnc1. The largest absolute Gasteiger partial charge is 0.411 e. The molecule has 7 heteroatoms. The molecule has 0 bridgehead atoms. The lowest BCUT2D eigenvalue weighted by molar-refractivity contribution is -0.182. The molecular formula is C13H15F2N3OS. The molecule has 0 saturated heterocycles. The van der Waals surface area contributed by atoms with Crippen LogP contribution < -0.4 is 4.74 Å². The van der Waals surface area contributed by atoms with E-state index in [1.807, 2.05) is 6.92 Å². The Balaban J connectivity index is 2.09. The highest BCUT2D eigenvalue weighted by Crippen LogP contribution is 2.32. The van der Waals surface area contributed by atoms with Crippen molar-refractivity contribution < 1.29 is 13.5 Å². The Morgan fingerprint density at radius 1 is 1.30 bits per heavy atom. The van der Waals surface area contributed by atoms with Crippen molar-refractivity contribution in [1.29, 1.82) is 0 Å². The van der Waals surface area contributed by atoms with E-state index >= 15 is 0 Å². The monoisotopic (exact) mass is 299 g/mol. The van der Waals surface area contributed by atoms with E-state index in [1.165, 1.54) is 0 Å². The first-order valence-corrected chi connectivity index (χ1v) is 7.15. The number of rotatable bonds is 7. The van der Waals surface area contributed by atoms with Gasteiger partial charge in [-0.25, -0.2) is 0 Å². The Morgan fingerprint density at radius 3 is 2.85 bits per heavy atom. The van der Waals surface area contributed by atoms with Gasteiger partial charge in [-0.2, -0.15) is 13.2 Å². The quantitative estimate of drug-likeness (QED) is 0.720.